The van der Waals surface area contributed by atoms with Crippen LogP contribution in [0.25, 0.3) is 0 Å². The Morgan fingerprint density at radius 3 is 2.32 bits per heavy atom. The van der Waals surface area contributed by atoms with Gasteiger partial charge >= 0.3 is 0 Å². The van der Waals surface area contributed by atoms with Crippen molar-refractivity contribution in [3.63, 3.8) is 0 Å². The third kappa shape index (κ3) is 9.55. The van der Waals surface area contributed by atoms with E-state index in [9.17, 15) is 14.4 Å². The van der Waals surface area contributed by atoms with Crippen LogP contribution in [0.4, 0.5) is 0 Å². The van der Waals surface area contributed by atoms with Gasteiger partial charge in [0.25, 0.3) is 0 Å². The summed E-state index contributed by atoms with van der Waals surface area (Å²) in [5.41, 5.74) is 0. The van der Waals surface area contributed by atoms with Crippen LogP contribution in [0.3, 0.4) is 0 Å². The van der Waals surface area contributed by atoms with Gasteiger partial charge in [-0.15, -0.1) is 0 Å². The van der Waals surface area contributed by atoms with Crippen molar-refractivity contribution in [2.45, 2.75) is 58.4 Å². The van der Waals surface area contributed by atoms with E-state index in [1.807, 2.05) is 6.92 Å². The van der Waals surface area contributed by atoms with Crippen LogP contribution < -0.4 is 10.6 Å². The quantitative estimate of drug-likeness (QED) is 0.517. The summed E-state index contributed by atoms with van der Waals surface area (Å²) < 4.78 is 10.5. The molecule has 148 valence electrons. The number of ketones is 1. The summed E-state index contributed by atoms with van der Waals surface area (Å²) in [5.74, 6) is -0.0791. The highest BCUT2D eigenvalue weighted by molar-refractivity contribution is 5.86. The van der Waals surface area contributed by atoms with Gasteiger partial charge in [0.2, 0.25) is 11.8 Å². The molecule has 0 bridgehead atoms. The van der Waals surface area contributed by atoms with Crippen molar-refractivity contribution in [2.75, 3.05) is 33.0 Å². The second-order valence-electron chi connectivity index (χ2n) is 6.29. The smallest absolute Gasteiger partial charge is 0.223 e. The van der Waals surface area contributed by atoms with E-state index >= 15 is 0 Å². The van der Waals surface area contributed by atoms with Gasteiger partial charge in [0, 0.05) is 34.3 Å². The van der Waals surface area contributed by atoms with E-state index in [1.54, 1.807) is 6.92 Å². The largest absolute Gasteiger partial charge is 0.379 e. The fourth-order valence-corrected chi connectivity index (χ4v) is 2.78. The lowest BCUT2D eigenvalue weighted by molar-refractivity contribution is -0.128. The molecular formula is C18H36N2O5. The summed E-state index contributed by atoms with van der Waals surface area (Å²) in [6, 6.07) is 0.122. The number of carbonyl (C=O) groups is 3. The maximum Gasteiger partial charge on any atom is 0.223 e. The van der Waals surface area contributed by atoms with Crippen LogP contribution in [-0.2, 0) is 23.9 Å². The van der Waals surface area contributed by atoms with Gasteiger partial charge in [-0.2, -0.15) is 0 Å². The number of ether oxygens (including phenoxy) is 2. The van der Waals surface area contributed by atoms with Gasteiger partial charge in [-0.05, 0) is 32.6 Å². The third-order valence-corrected chi connectivity index (χ3v) is 4.37. The van der Waals surface area contributed by atoms with E-state index in [2.05, 4.69) is 10.6 Å². The average molecular weight is 360 g/mol. The fraction of sp³-hybridized carbons (Fsp3) is 0.833. The van der Waals surface area contributed by atoms with Crippen molar-refractivity contribution in [3.05, 3.63) is 0 Å². The van der Waals surface area contributed by atoms with E-state index in [4.69, 9.17) is 9.47 Å². The van der Waals surface area contributed by atoms with Crippen LogP contribution >= 0.6 is 0 Å². The van der Waals surface area contributed by atoms with E-state index in [-0.39, 0.29) is 39.0 Å². The van der Waals surface area contributed by atoms with E-state index < -0.39 is 0 Å². The molecule has 1 aliphatic carbocycles. The molecule has 0 spiro atoms. The third-order valence-electron chi connectivity index (χ3n) is 4.37. The second-order valence-corrected chi connectivity index (χ2v) is 6.29. The first-order chi connectivity index (χ1) is 12.1. The first-order valence-corrected chi connectivity index (χ1v) is 9.31. The lowest BCUT2D eigenvalue weighted by Gasteiger charge is -2.28. The molecule has 2 N–H and O–H groups in total. The topological polar surface area (TPSA) is 93.7 Å². The molecule has 0 aliphatic heterocycles. The molecule has 25 heavy (non-hydrogen) atoms. The summed E-state index contributed by atoms with van der Waals surface area (Å²) in [7, 11) is 0. The Balaban J connectivity index is 0. The van der Waals surface area contributed by atoms with Crippen LogP contribution in [0.2, 0.25) is 0 Å². The highest BCUT2D eigenvalue weighted by Crippen LogP contribution is 2.24. The molecule has 7 heteroatoms. The van der Waals surface area contributed by atoms with Gasteiger partial charge in [-0.3, -0.25) is 14.4 Å². The highest BCUT2D eigenvalue weighted by atomic mass is 16.5. The maximum absolute atomic E-state index is 12.0. The molecule has 2 amide bonds. The van der Waals surface area contributed by atoms with Gasteiger partial charge in [0.05, 0.1) is 26.4 Å². The predicted molar refractivity (Wildman–Crippen MR) is 98.4 cm³/mol. The van der Waals surface area contributed by atoms with E-state index in [1.165, 1.54) is 0 Å². The molecule has 0 unspecified atom stereocenters. The van der Waals surface area contributed by atoms with Crippen molar-refractivity contribution in [3.8, 4) is 0 Å². The Kier molecular flexibility index (Phi) is 11.1. The summed E-state index contributed by atoms with van der Waals surface area (Å²) in [4.78, 5) is 35.2. The number of rotatable bonds is 12. The monoisotopic (exact) mass is 360 g/mol. The standard InChI is InChI=1S/C18H32N2O5.2H2/c1-3-16(21)13-19-18(23)14-5-7-15(8-6-14)20-17(22)9-10-25-12-11-24-4-2;;/h14-15H,3-13H2,1-2H3,(H,19,23)(H,20,22);2*1H. The van der Waals surface area contributed by atoms with Gasteiger partial charge in [-0.1, -0.05) is 6.92 Å². The lowest BCUT2D eigenvalue weighted by atomic mass is 9.85. The van der Waals surface area contributed by atoms with E-state index in [0.717, 1.165) is 25.7 Å². The minimum Gasteiger partial charge on any atom is -0.379 e. The molecule has 0 aromatic rings. The summed E-state index contributed by atoms with van der Waals surface area (Å²) in [5, 5.41) is 5.71. The molecule has 0 saturated heterocycles. The molecule has 1 rings (SSSR count). The molecule has 0 radical (unpaired) electrons. The molecule has 0 aromatic heterocycles. The highest BCUT2D eigenvalue weighted by Gasteiger charge is 2.27. The van der Waals surface area contributed by atoms with Crippen LogP contribution in [-0.4, -0.2) is 56.6 Å². The Bertz CT molecular complexity index is 430. The van der Waals surface area contributed by atoms with Crippen molar-refractivity contribution in [1.82, 2.24) is 10.6 Å². The molecular weight excluding hydrogens is 324 g/mol. The SMILES string of the molecule is CCOCCOCCC(=O)NC1CCC(C(=O)NCC(=O)CC)CC1.[HH].[HH]. The number of amides is 2. The molecule has 1 fully saturated rings. The van der Waals surface area contributed by atoms with Crippen molar-refractivity contribution >= 4 is 17.6 Å². The van der Waals surface area contributed by atoms with Gasteiger partial charge in [-0.25, -0.2) is 0 Å². The maximum atomic E-state index is 12.0. The van der Waals surface area contributed by atoms with Crippen LogP contribution in [0.1, 0.15) is 55.2 Å². The summed E-state index contributed by atoms with van der Waals surface area (Å²) in [6.45, 7) is 5.94. The molecule has 0 atom stereocenters. The Hall–Kier alpha value is -1.47. The Morgan fingerprint density at radius 2 is 1.68 bits per heavy atom. The minimum atomic E-state index is -0.0558. The zero-order valence-electron chi connectivity index (χ0n) is 15.5. The van der Waals surface area contributed by atoms with E-state index in [0.29, 0.717) is 39.3 Å². The fourth-order valence-electron chi connectivity index (χ4n) is 2.78. The number of nitrogens with one attached hydrogen (secondary N) is 2. The van der Waals surface area contributed by atoms with Crippen LogP contribution in [0, 0.1) is 5.92 Å². The normalized spacial score (nSPS) is 20.1. The lowest BCUT2D eigenvalue weighted by Crippen LogP contribution is -2.41. The molecule has 0 aromatic carbocycles. The van der Waals surface area contributed by atoms with Gasteiger partial charge < -0.3 is 20.1 Å². The van der Waals surface area contributed by atoms with Crippen molar-refractivity contribution in [1.29, 1.82) is 0 Å². The van der Waals surface area contributed by atoms with Gasteiger partial charge in [0.15, 0.2) is 5.78 Å². The summed E-state index contributed by atoms with van der Waals surface area (Å²) >= 11 is 0. The predicted octanol–water partition coefficient (Wildman–Crippen LogP) is 1.69. The first kappa shape index (κ1) is 21.6. The zero-order chi connectivity index (χ0) is 18.5. The number of carbonyl (C=O) groups excluding carboxylic acids is 3. The zero-order valence-corrected chi connectivity index (χ0v) is 15.5. The second kappa shape index (κ2) is 12.8. The summed E-state index contributed by atoms with van der Waals surface area (Å²) in [6.07, 6.45) is 3.83. The average Bonchev–Trinajstić information content (AvgIpc) is 2.62. The molecule has 1 aliphatic rings. The first-order valence-electron chi connectivity index (χ1n) is 9.31. The number of hydrogen-bond acceptors (Lipinski definition) is 5. The van der Waals surface area contributed by atoms with Crippen LogP contribution in [0.15, 0.2) is 0 Å². The molecule has 0 heterocycles. The molecule has 7 nitrogen and oxygen atoms in total. The Labute approximate surface area is 153 Å². The Morgan fingerprint density at radius 1 is 1.00 bits per heavy atom. The van der Waals surface area contributed by atoms with Crippen LogP contribution in [0.5, 0.6) is 0 Å². The van der Waals surface area contributed by atoms with Gasteiger partial charge in [0.1, 0.15) is 0 Å². The number of Topliss-reactive ketones (excluding diaryl/α,β-unsaturated/α-hetero) is 1. The van der Waals surface area contributed by atoms with Crippen molar-refractivity contribution < 1.29 is 26.7 Å². The van der Waals surface area contributed by atoms with Crippen molar-refractivity contribution in [2.24, 2.45) is 5.92 Å². The minimum absolute atomic E-state index is 0. The number of hydrogen-bond donors (Lipinski definition) is 2. The molecule has 1 saturated carbocycles.